The highest BCUT2D eigenvalue weighted by Crippen LogP contribution is 2.05. The third kappa shape index (κ3) is 4.83. The van der Waals surface area contributed by atoms with E-state index in [9.17, 15) is 17.6 Å². The topological polar surface area (TPSA) is 63.2 Å². The van der Waals surface area contributed by atoms with Crippen molar-refractivity contribution < 1.29 is 17.6 Å². The fraction of sp³-hybridized carbons (Fsp3) is 0.417. The van der Waals surface area contributed by atoms with Crippen LogP contribution in [0.15, 0.2) is 24.3 Å². The highest BCUT2D eigenvalue weighted by atomic mass is 32.2. The van der Waals surface area contributed by atoms with Crippen molar-refractivity contribution in [2.24, 2.45) is 0 Å². The van der Waals surface area contributed by atoms with Crippen molar-refractivity contribution in [2.75, 3.05) is 11.5 Å². The smallest absolute Gasteiger partial charge is 0.235 e. The molecular weight excluding hydrogens is 257 g/mol. The zero-order valence-corrected chi connectivity index (χ0v) is 11.0. The van der Waals surface area contributed by atoms with Gasteiger partial charge in [-0.15, -0.1) is 0 Å². The van der Waals surface area contributed by atoms with Crippen molar-refractivity contribution in [2.45, 2.75) is 19.9 Å². The van der Waals surface area contributed by atoms with Crippen molar-refractivity contribution in [1.29, 1.82) is 0 Å². The van der Waals surface area contributed by atoms with E-state index in [1.165, 1.54) is 12.1 Å². The molecule has 0 saturated heterocycles. The van der Waals surface area contributed by atoms with Gasteiger partial charge in [0.05, 0.1) is 5.75 Å². The minimum atomic E-state index is -3.35. The maximum atomic E-state index is 13.2. The second kappa shape index (κ2) is 6.49. The average molecular weight is 273 g/mol. The molecule has 0 spiro atoms. The van der Waals surface area contributed by atoms with Crippen LogP contribution in [-0.2, 0) is 21.2 Å². The van der Waals surface area contributed by atoms with E-state index in [2.05, 4.69) is 5.32 Å². The van der Waals surface area contributed by atoms with Gasteiger partial charge in [-0.25, -0.2) is 12.8 Å². The van der Waals surface area contributed by atoms with Crippen LogP contribution in [-0.4, -0.2) is 25.8 Å². The van der Waals surface area contributed by atoms with Gasteiger partial charge in [-0.05, 0) is 12.5 Å². The molecule has 0 unspecified atom stereocenters. The molecule has 4 nitrogen and oxygen atoms in total. The normalized spacial score (nSPS) is 11.2. The Bertz CT molecular complexity index is 514. The number of amides is 1. The van der Waals surface area contributed by atoms with Gasteiger partial charge in [0.25, 0.3) is 0 Å². The van der Waals surface area contributed by atoms with E-state index in [1.807, 2.05) is 0 Å². The molecule has 0 bridgehead atoms. The number of carbonyl (C=O) groups excluding carboxylic acids is 1. The van der Waals surface area contributed by atoms with Gasteiger partial charge in [-0.3, -0.25) is 4.79 Å². The Hall–Kier alpha value is -1.43. The molecule has 0 aliphatic carbocycles. The monoisotopic (exact) mass is 273 g/mol. The number of nitrogens with one attached hydrogen (secondary N) is 1. The maximum absolute atomic E-state index is 13.2. The van der Waals surface area contributed by atoms with Gasteiger partial charge in [-0.2, -0.15) is 0 Å². The molecule has 0 aliphatic rings. The Balaban J connectivity index is 2.50. The molecule has 0 aromatic heterocycles. The van der Waals surface area contributed by atoms with Crippen molar-refractivity contribution in [3.63, 3.8) is 0 Å². The van der Waals surface area contributed by atoms with E-state index in [4.69, 9.17) is 0 Å². The molecule has 0 heterocycles. The van der Waals surface area contributed by atoms with E-state index in [0.717, 1.165) is 0 Å². The molecular formula is C12H16FNO3S. The van der Waals surface area contributed by atoms with Gasteiger partial charge >= 0.3 is 0 Å². The van der Waals surface area contributed by atoms with Crippen LogP contribution < -0.4 is 5.32 Å². The minimum absolute atomic E-state index is 0.00679. The fourth-order valence-electron chi connectivity index (χ4n) is 1.47. The predicted molar refractivity (Wildman–Crippen MR) is 67.2 cm³/mol. The van der Waals surface area contributed by atoms with E-state index < -0.39 is 27.3 Å². The second-order valence-corrected chi connectivity index (χ2v) is 6.14. The van der Waals surface area contributed by atoms with E-state index >= 15 is 0 Å². The van der Waals surface area contributed by atoms with Crippen LogP contribution in [0.1, 0.15) is 18.9 Å². The fourth-order valence-corrected chi connectivity index (χ4v) is 2.74. The molecule has 0 atom stereocenters. The third-order valence-electron chi connectivity index (χ3n) is 2.30. The Kier molecular flexibility index (Phi) is 5.27. The Morgan fingerprint density at radius 2 is 2.00 bits per heavy atom. The lowest BCUT2D eigenvalue weighted by atomic mass is 10.2. The first-order chi connectivity index (χ1) is 8.44. The number of rotatable bonds is 6. The summed E-state index contributed by atoms with van der Waals surface area (Å²) >= 11 is 0. The van der Waals surface area contributed by atoms with Crippen LogP contribution >= 0.6 is 0 Å². The van der Waals surface area contributed by atoms with Crippen molar-refractivity contribution in [3.05, 3.63) is 35.6 Å². The maximum Gasteiger partial charge on any atom is 0.235 e. The summed E-state index contributed by atoms with van der Waals surface area (Å²) < 4.78 is 36.0. The van der Waals surface area contributed by atoms with Gasteiger partial charge in [-0.1, -0.05) is 25.1 Å². The van der Waals surface area contributed by atoms with Crippen LogP contribution in [0.25, 0.3) is 0 Å². The molecule has 1 aromatic carbocycles. The molecule has 0 aliphatic heterocycles. The Morgan fingerprint density at radius 1 is 1.33 bits per heavy atom. The number of sulfone groups is 1. The van der Waals surface area contributed by atoms with Crippen molar-refractivity contribution >= 4 is 15.7 Å². The van der Waals surface area contributed by atoms with Crippen LogP contribution in [0, 0.1) is 5.82 Å². The molecule has 1 aromatic rings. The first kappa shape index (κ1) is 14.6. The quantitative estimate of drug-likeness (QED) is 0.849. The largest absolute Gasteiger partial charge is 0.351 e. The van der Waals surface area contributed by atoms with Crippen LogP contribution in [0.2, 0.25) is 0 Å². The van der Waals surface area contributed by atoms with Crippen molar-refractivity contribution in [3.8, 4) is 0 Å². The standard InChI is InChI=1S/C12H16FNO3S/c1-2-7-18(16,17)9-12(15)14-8-10-5-3-4-6-11(10)13/h3-6H,2,7-9H2,1H3,(H,14,15). The van der Waals surface area contributed by atoms with Crippen molar-refractivity contribution in [1.82, 2.24) is 5.32 Å². The number of hydrogen-bond acceptors (Lipinski definition) is 3. The molecule has 100 valence electrons. The minimum Gasteiger partial charge on any atom is -0.351 e. The lowest BCUT2D eigenvalue weighted by Gasteiger charge is -2.06. The zero-order chi connectivity index (χ0) is 13.6. The summed E-state index contributed by atoms with van der Waals surface area (Å²) in [6.45, 7) is 1.72. The number of benzene rings is 1. The van der Waals surface area contributed by atoms with Gasteiger partial charge < -0.3 is 5.32 Å². The predicted octanol–water partition coefficient (Wildman–Crippen LogP) is 1.27. The molecule has 1 amide bonds. The molecule has 1 rings (SSSR count). The summed E-state index contributed by atoms with van der Waals surface area (Å²) in [6, 6.07) is 6.02. The summed E-state index contributed by atoms with van der Waals surface area (Å²) in [6.07, 6.45) is 0.475. The first-order valence-corrected chi connectivity index (χ1v) is 7.47. The summed E-state index contributed by atoms with van der Waals surface area (Å²) in [7, 11) is -3.35. The second-order valence-electron chi connectivity index (χ2n) is 3.96. The number of halogens is 1. The lowest BCUT2D eigenvalue weighted by Crippen LogP contribution is -2.31. The third-order valence-corrected chi connectivity index (χ3v) is 4.03. The summed E-state index contributed by atoms with van der Waals surface area (Å²) in [4.78, 5) is 11.4. The lowest BCUT2D eigenvalue weighted by molar-refractivity contribution is -0.118. The highest BCUT2D eigenvalue weighted by molar-refractivity contribution is 7.92. The highest BCUT2D eigenvalue weighted by Gasteiger charge is 2.15. The van der Waals surface area contributed by atoms with E-state index in [0.29, 0.717) is 12.0 Å². The molecule has 0 saturated carbocycles. The summed E-state index contributed by atoms with van der Waals surface area (Å²) in [5.41, 5.74) is 0.332. The average Bonchev–Trinajstić information content (AvgIpc) is 2.27. The molecule has 6 heteroatoms. The SMILES string of the molecule is CCCS(=O)(=O)CC(=O)NCc1ccccc1F. The molecule has 18 heavy (non-hydrogen) atoms. The van der Waals surface area contributed by atoms with Gasteiger partial charge in [0, 0.05) is 12.1 Å². The first-order valence-electron chi connectivity index (χ1n) is 5.65. The van der Waals surface area contributed by atoms with Crippen LogP contribution in [0.3, 0.4) is 0 Å². The van der Waals surface area contributed by atoms with Crippen LogP contribution in [0.4, 0.5) is 4.39 Å². The Morgan fingerprint density at radius 3 is 2.61 bits per heavy atom. The van der Waals surface area contributed by atoms with E-state index in [-0.39, 0.29) is 12.3 Å². The number of hydrogen-bond donors (Lipinski definition) is 1. The van der Waals surface area contributed by atoms with E-state index in [1.54, 1.807) is 19.1 Å². The molecule has 0 fully saturated rings. The van der Waals surface area contributed by atoms with Gasteiger partial charge in [0.15, 0.2) is 9.84 Å². The van der Waals surface area contributed by atoms with Crippen LogP contribution in [0.5, 0.6) is 0 Å². The summed E-state index contributed by atoms with van der Waals surface area (Å²) in [5, 5.41) is 2.40. The number of carbonyl (C=O) groups is 1. The zero-order valence-electron chi connectivity index (χ0n) is 10.1. The Labute approximate surface area is 106 Å². The summed E-state index contributed by atoms with van der Waals surface area (Å²) in [5.74, 6) is -1.59. The molecule has 1 N–H and O–H groups in total. The van der Waals surface area contributed by atoms with Gasteiger partial charge in [0.1, 0.15) is 11.6 Å². The molecule has 0 radical (unpaired) electrons. The van der Waals surface area contributed by atoms with Gasteiger partial charge in [0.2, 0.25) is 5.91 Å².